The average molecular weight is 385 g/mol. The van der Waals surface area contributed by atoms with Crippen LogP contribution in [-0.2, 0) is 13.1 Å². The highest BCUT2D eigenvalue weighted by Gasteiger charge is 2.15. The Morgan fingerprint density at radius 3 is 2.61 bits per heavy atom. The molecule has 3 rings (SSSR count). The molecule has 0 atom stereocenters. The normalized spacial score (nSPS) is 14.8. The summed E-state index contributed by atoms with van der Waals surface area (Å²) in [6, 6.07) is 10.2. The first kappa shape index (κ1) is 20.1. The summed E-state index contributed by atoms with van der Waals surface area (Å²) in [6.45, 7) is 7.27. The van der Waals surface area contributed by atoms with Gasteiger partial charge in [0.15, 0.2) is 0 Å². The molecule has 0 spiro atoms. The summed E-state index contributed by atoms with van der Waals surface area (Å²) in [5.74, 6) is 0.685. The van der Waals surface area contributed by atoms with E-state index in [0.717, 1.165) is 43.1 Å². The van der Waals surface area contributed by atoms with E-state index in [4.69, 9.17) is 0 Å². The Balaban J connectivity index is 1.51. The molecule has 150 valence electrons. The Bertz CT molecular complexity index is 775. The number of rotatable bonds is 6. The van der Waals surface area contributed by atoms with Crippen molar-refractivity contribution < 1.29 is 9.18 Å². The zero-order valence-corrected chi connectivity index (χ0v) is 16.6. The van der Waals surface area contributed by atoms with Crippen LogP contribution in [0.3, 0.4) is 0 Å². The van der Waals surface area contributed by atoms with E-state index < -0.39 is 0 Å². The molecule has 1 aromatic heterocycles. The molecule has 1 aromatic carbocycles. The highest BCUT2D eigenvalue weighted by molar-refractivity contribution is 5.74. The maximum atomic E-state index is 13.3. The van der Waals surface area contributed by atoms with E-state index in [2.05, 4.69) is 27.1 Å². The molecule has 0 saturated carbocycles. The van der Waals surface area contributed by atoms with E-state index in [1.54, 1.807) is 11.0 Å². The van der Waals surface area contributed by atoms with Crippen LogP contribution in [0.5, 0.6) is 0 Å². The molecule has 0 unspecified atom stereocenters. The molecule has 1 N–H and O–H groups in total. The summed E-state index contributed by atoms with van der Waals surface area (Å²) in [4.78, 5) is 23.3. The molecule has 7 heteroatoms. The maximum absolute atomic E-state index is 13.3. The molecule has 1 aliphatic rings. The number of amides is 2. The van der Waals surface area contributed by atoms with Crippen LogP contribution < -0.4 is 10.2 Å². The second-order valence-corrected chi connectivity index (χ2v) is 7.12. The Kier molecular flexibility index (Phi) is 6.81. The molecule has 2 amide bonds. The molecule has 0 aliphatic carbocycles. The van der Waals surface area contributed by atoms with E-state index in [1.807, 2.05) is 31.3 Å². The van der Waals surface area contributed by atoms with Gasteiger partial charge < -0.3 is 20.0 Å². The van der Waals surface area contributed by atoms with Gasteiger partial charge in [-0.3, -0.25) is 0 Å². The molecule has 6 nitrogen and oxygen atoms in total. The summed E-state index contributed by atoms with van der Waals surface area (Å²) in [5, 5.41) is 2.92. The van der Waals surface area contributed by atoms with Crippen molar-refractivity contribution in [3.8, 4) is 0 Å². The van der Waals surface area contributed by atoms with E-state index in [9.17, 15) is 9.18 Å². The largest absolute Gasteiger partial charge is 0.354 e. The number of halogens is 1. The van der Waals surface area contributed by atoms with Gasteiger partial charge in [-0.05, 0) is 43.3 Å². The predicted molar refractivity (Wildman–Crippen MR) is 109 cm³/mol. The molecule has 1 aliphatic heterocycles. The summed E-state index contributed by atoms with van der Waals surface area (Å²) in [6.07, 6.45) is 1.82. The predicted octanol–water partition coefficient (Wildman–Crippen LogP) is 2.70. The first-order valence-corrected chi connectivity index (χ1v) is 9.71. The quantitative estimate of drug-likeness (QED) is 0.831. The van der Waals surface area contributed by atoms with Gasteiger partial charge in [0.05, 0.1) is 0 Å². The first-order chi connectivity index (χ1) is 13.5. The van der Waals surface area contributed by atoms with Crippen LogP contribution in [0.1, 0.15) is 18.1 Å². The third kappa shape index (κ3) is 5.42. The Morgan fingerprint density at radius 2 is 1.96 bits per heavy atom. The molecule has 28 heavy (non-hydrogen) atoms. The van der Waals surface area contributed by atoms with Crippen LogP contribution in [0.15, 0.2) is 42.6 Å². The molecular weight excluding hydrogens is 357 g/mol. The fourth-order valence-electron chi connectivity index (χ4n) is 3.22. The SMILES string of the molecule is CCN(Cc1cccc(F)c1)C(=O)NCc1ccc(N2CCN(C)CC2)nc1. The fraction of sp³-hybridized carbons (Fsp3) is 0.429. The zero-order chi connectivity index (χ0) is 19.9. The number of carbonyl (C=O) groups is 1. The number of benzene rings is 1. The number of carbonyl (C=O) groups excluding carboxylic acids is 1. The van der Waals surface area contributed by atoms with E-state index in [-0.39, 0.29) is 11.8 Å². The molecule has 1 saturated heterocycles. The Morgan fingerprint density at radius 1 is 1.18 bits per heavy atom. The number of anilines is 1. The molecular formula is C21H28FN5O. The van der Waals surface area contributed by atoms with Gasteiger partial charge in [0.25, 0.3) is 0 Å². The van der Waals surface area contributed by atoms with Gasteiger partial charge >= 0.3 is 6.03 Å². The van der Waals surface area contributed by atoms with Crippen molar-refractivity contribution in [2.45, 2.75) is 20.0 Å². The monoisotopic (exact) mass is 385 g/mol. The van der Waals surface area contributed by atoms with Crippen LogP contribution in [0.2, 0.25) is 0 Å². The number of nitrogens with one attached hydrogen (secondary N) is 1. The van der Waals surface area contributed by atoms with E-state index in [1.165, 1.54) is 12.1 Å². The Hall–Kier alpha value is -2.67. The lowest BCUT2D eigenvalue weighted by molar-refractivity contribution is 0.197. The van der Waals surface area contributed by atoms with Crippen molar-refractivity contribution in [3.05, 3.63) is 59.5 Å². The van der Waals surface area contributed by atoms with Crippen molar-refractivity contribution in [3.63, 3.8) is 0 Å². The number of pyridine rings is 1. The number of urea groups is 1. The van der Waals surface area contributed by atoms with Crippen LogP contribution in [0.4, 0.5) is 15.0 Å². The molecule has 2 aromatic rings. The van der Waals surface area contributed by atoms with Gasteiger partial charge in [-0.25, -0.2) is 14.2 Å². The minimum atomic E-state index is -0.291. The number of hydrogen-bond acceptors (Lipinski definition) is 4. The third-order valence-corrected chi connectivity index (χ3v) is 5.01. The van der Waals surface area contributed by atoms with E-state index in [0.29, 0.717) is 19.6 Å². The van der Waals surface area contributed by atoms with Crippen molar-refractivity contribution in [2.75, 3.05) is 44.7 Å². The van der Waals surface area contributed by atoms with Crippen molar-refractivity contribution in [1.29, 1.82) is 0 Å². The van der Waals surface area contributed by atoms with Crippen LogP contribution in [0.25, 0.3) is 0 Å². The Labute approximate surface area is 166 Å². The van der Waals surface area contributed by atoms with Gasteiger partial charge in [-0.1, -0.05) is 18.2 Å². The van der Waals surface area contributed by atoms with Gasteiger partial charge in [-0.2, -0.15) is 0 Å². The van der Waals surface area contributed by atoms with E-state index >= 15 is 0 Å². The van der Waals surface area contributed by atoms with Gasteiger partial charge in [0, 0.05) is 52.0 Å². The standard InChI is InChI=1S/C21H28FN5O/c1-3-26(16-17-5-4-6-19(22)13-17)21(28)24-15-18-7-8-20(23-14-18)27-11-9-25(2)10-12-27/h4-8,13-14H,3,9-12,15-16H2,1-2H3,(H,24,28). The minimum Gasteiger partial charge on any atom is -0.354 e. The minimum absolute atomic E-state index is 0.171. The fourth-order valence-corrected chi connectivity index (χ4v) is 3.22. The highest BCUT2D eigenvalue weighted by Crippen LogP contribution is 2.14. The van der Waals surface area contributed by atoms with Crippen molar-refractivity contribution in [2.24, 2.45) is 0 Å². The third-order valence-electron chi connectivity index (χ3n) is 5.01. The molecule has 1 fully saturated rings. The summed E-state index contributed by atoms with van der Waals surface area (Å²) in [7, 11) is 2.13. The topological polar surface area (TPSA) is 51.7 Å². The van der Waals surface area contributed by atoms with Gasteiger partial charge in [0.2, 0.25) is 0 Å². The second-order valence-electron chi connectivity index (χ2n) is 7.12. The summed E-state index contributed by atoms with van der Waals surface area (Å²) in [5.41, 5.74) is 1.73. The average Bonchev–Trinajstić information content (AvgIpc) is 2.71. The smallest absolute Gasteiger partial charge is 0.317 e. The van der Waals surface area contributed by atoms with Crippen molar-refractivity contribution >= 4 is 11.8 Å². The lowest BCUT2D eigenvalue weighted by atomic mass is 10.2. The van der Waals surface area contributed by atoms with Crippen molar-refractivity contribution in [1.82, 2.24) is 20.1 Å². The zero-order valence-electron chi connectivity index (χ0n) is 16.6. The summed E-state index contributed by atoms with van der Waals surface area (Å²) >= 11 is 0. The van der Waals surface area contributed by atoms with Crippen LogP contribution in [0, 0.1) is 5.82 Å². The number of aromatic nitrogens is 1. The first-order valence-electron chi connectivity index (χ1n) is 9.71. The maximum Gasteiger partial charge on any atom is 0.317 e. The number of piperazine rings is 1. The number of hydrogen-bond donors (Lipinski definition) is 1. The highest BCUT2D eigenvalue weighted by atomic mass is 19.1. The second kappa shape index (κ2) is 9.50. The molecule has 2 heterocycles. The van der Waals surface area contributed by atoms with Gasteiger partial charge in [-0.15, -0.1) is 0 Å². The molecule has 0 bridgehead atoms. The number of likely N-dealkylation sites (N-methyl/N-ethyl adjacent to an activating group) is 1. The van der Waals surface area contributed by atoms with Crippen LogP contribution >= 0.6 is 0 Å². The lowest BCUT2D eigenvalue weighted by Gasteiger charge is -2.33. The van der Waals surface area contributed by atoms with Crippen LogP contribution in [-0.4, -0.2) is 60.6 Å². The number of nitrogens with zero attached hydrogens (tertiary/aromatic N) is 4. The van der Waals surface area contributed by atoms with Gasteiger partial charge in [0.1, 0.15) is 11.6 Å². The molecule has 0 radical (unpaired) electrons. The lowest BCUT2D eigenvalue weighted by Crippen LogP contribution is -2.44. The summed E-state index contributed by atoms with van der Waals surface area (Å²) < 4.78 is 13.3.